The molecule has 0 aromatic heterocycles. The van der Waals surface area contributed by atoms with Crippen molar-refractivity contribution in [2.24, 2.45) is 0 Å². The summed E-state index contributed by atoms with van der Waals surface area (Å²) in [6, 6.07) is 55.1. The molecule has 0 spiro atoms. The van der Waals surface area contributed by atoms with E-state index in [-0.39, 0.29) is 36.9 Å². The average molecular weight is 1350 g/mol. The minimum absolute atomic E-state index is 0. The summed E-state index contributed by atoms with van der Waals surface area (Å²) < 4.78 is 3.03. The van der Waals surface area contributed by atoms with Gasteiger partial charge < -0.3 is 38.8 Å². The first-order chi connectivity index (χ1) is 42.9. The topological polar surface area (TPSA) is 50.6 Å². The van der Waals surface area contributed by atoms with Gasteiger partial charge in [-0.2, -0.15) is 25.7 Å². The van der Waals surface area contributed by atoms with E-state index >= 15 is 0 Å². The molecule has 0 bridgehead atoms. The Morgan fingerprint density at radius 2 is 0.567 bits per heavy atom. The number of nitrogens with zero attached hydrogens (tertiary/aromatic N) is 4. The maximum absolute atomic E-state index is 11.7. The Hall–Kier alpha value is -5.36. The van der Waals surface area contributed by atoms with Crippen molar-refractivity contribution in [3.05, 3.63) is 274 Å². The van der Waals surface area contributed by atoms with Crippen LogP contribution >= 0.6 is 0 Å². The second kappa shape index (κ2) is 50.2. The van der Waals surface area contributed by atoms with Crippen LogP contribution in [0.1, 0.15) is 252 Å². The Kier molecular flexibility index (Phi) is 46.1. The van der Waals surface area contributed by atoms with E-state index in [0.717, 1.165) is 135 Å². The second-order valence-corrected chi connectivity index (χ2v) is 23.5. The molecule has 0 saturated heterocycles. The SMILES string of the molecule is CCCCCCCCC1=C(c2cccc(C)c2)[N+](=[N-])C(c2cccc(C)c2)=C1CCCC.CCCCCCCCC1=C(c2cccc(CC)c2)[N+](=[N-])C(c2cccc(CC)c2)=C1CCCC.[CH2-]CC.[CH2-]CC.[CH2-]Cc1ccccc1.[CH2-]Cc1ccccc1.[Ni+2].[Pd+2]. The van der Waals surface area contributed by atoms with Gasteiger partial charge in [0.15, 0.2) is 0 Å². The summed E-state index contributed by atoms with van der Waals surface area (Å²) in [4.78, 5) is 0. The third-order valence-electron chi connectivity index (χ3n) is 15.9. The zero-order valence-electron chi connectivity index (χ0n) is 57.6. The van der Waals surface area contributed by atoms with E-state index in [2.05, 4.69) is 204 Å². The number of benzene rings is 6. The molecule has 8 rings (SSSR count). The molecule has 0 saturated carbocycles. The van der Waals surface area contributed by atoms with Gasteiger partial charge in [0.2, 0.25) is 22.8 Å². The van der Waals surface area contributed by atoms with Crippen molar-refractivity contribution in [2.75, 3.05) is 0 Å². The third-order valence-corrected chi connectivity index (χ3v) is 15.9. The molecule has 90 heavy (non-hydrogen) atoms. The summed E-state index contributed by atoms with van der Waals surface area (Å²) in [6.07, 6.45) is 29.9. The third kappa shape index (κ3) is 28.7. The Bertz CT molecular complexity index is 3010. The van der Waals surface area contributed by atoms with Gasteiger partial charge in [0.25, 0.3) is 0 Å². The molecule has 0 amide bonds. The van der Waals surface area contributed by atoms with Gasteiger partial charge in [-0.25, -0.2) is 9.39 Å². The van der Waals surface area contributed by atoms with Crippen LogP contribution in [0.3, 0.4) is 0 Å². The molecule has 6 aromatic rings. The fraction of sp³-hybridized carbons (Fsp3) is 0.429. The van der Waals surface area contributed by atoms with E-state index in [1.807, 2.05) is 50.2 Å². The number of rotatable bonds is 28. The molecule has 2 aliphatic heterocycles. The Balaban J connectivity index is 0.000000662. The fourth-order valence-electron chi connectivity index (χ4n) is 11.2. The number of hydrogen-bond acceptors (Lipinski definition) is 0. The molecule has 0 unspecified atom stereocenters. The number of aryl methyl sites for hydroxylation is 4. The molecule has 4 nitrogen and oxygen atoms in total. The van der Waals surface area contributed by atoms with E-state index in [1.54, 1.807) is 0 Å². The number of hydrogen-bond donors (Lipinski definition) is 0. The first kappa shape index (κ1) is 82.6. The fourth-order valence-corrected chi connectivity index (χ4v) is 11.2. The van der Waals surface area contributed by atoms with Crippen molar-refractivity contribution < 1.29 is 46.3 Å². The van der Waals surface area contributed by atoms with E-state index in [1.165, 1.54) is 142 Å². The first-order valence-corrected chi connectivity index (χ1v) is 34.4. The van der Waals surface area contributed by atoms with Gasteiger partial charge >= 0.3 is 36.9 Å². The van der Waals surface area contributed by atoms with Crippen LogP contribution in [0.15, 0.2) is 180 Å². The Morgan fingerprint density at radius 1 is 0.311 bits per heavy atom. The normalized spacial score (nSPS) is 12.3. The molecule has 0 radical (unpaired) electrons. The van der Waals surface area contributed by atoms with Crippen LogP contribution < -0.4 is 0 Å². The molecule has 0 fully saturated rings. The smallest absolute Gasteiger partial charge is 0.493 e. The van der Waals surface area contributed by atoms with E-state index < -0.39 is 0 Å². The maximum Gasteiger partial charge on any atom is 2.00 e. The summed E-state index contributed by atoms with van der Waals surface area (Å²) in [5.74, 6) is 0. The molecule has 0 N–H and O–H groups in total. The molecule has 6 heteroatoms. The van der Waals surface area contributed by atoms with Gasteiger partial charge in [0.05, 0.1) is 0 Å². The summed E-state index contributed by atoms with van der Waals surface area (Å²) in [5.41, 5.74) is 44.8. The van der Waals surface area contributed by atoms with Crippen LogP contribution in [-0.2, 0) is 62.6 Å². The summed E-state index contributed by atoms with van der Waals surface area (Å²) in [5, 5.41) is 0. The molecule has 492 valence electrons. The van der Waals surface area contributed by atoms with Gasteiger partial charge in [-0.15, -0.1) is 0 Å². The number of allylic oxidation sites excluding steroid dienone is 4. The molecule has 2 aliphatic rings. The Morgan fingerprint density at radius 3 is 0.833 bits per heavy atom. The quantitative estimate of drug-likeness (QED) is 0.0203. The molecule has 0 aliphatic carbocycles. The predicted molar refractivity (Wildman–Crippen MR) is 386 cm³/mol. The summed E-state index contributed by atoms with van der Waals surface area (Å²) in [6.45, 7) is 36.2. The van der Waals surface area contributed by atoms with Gasteiger partial charge in [-0.05, 0) is 138 Å². The van der Waals surface area contributed by atoms with Crippen LogP contribution in [0.25, 0.3) is 33.9 Å². The van der Waals surface area contributed by atoms with E-state index in [4.69, 9.17) is 0 Å². The van der Waals surface area contributed by atoms with Crippen molar-refractivity contribution in [1.29, 1.82) is 0 Å². The zero-order valence-corrected chi connectivity index (χ0v) is 60.2. The molecular weight excluding hydrogens is 1230 g/mol. The van der Waals surface area contributed by atoms with Crippen molar-refractivity contribution in [3.63, 3.8) is 0 Å². The molecular formula is C84H116N4NiPd. The standard InChI is InChI=1S/C32H44N2.C30H40N2.2C8H9.2C3H7.Ni.Pd/c1-5-9-11-12-13-14-22-30-29(21-10-6-2)31(27-19-15-17-25(7-3)23-27)34(33)32(30)28-20-16-18-26(8-4)24-28;1-5-7-9-10-11-12-20-28-27(19-8-6-2)29(25-17-13-15-23(3)21-25)32(31)30(28)26-18-14-16-24(4)22-26;2*1-2-8-6-4-3-5-7-8;2*1-3-2;;/h15-20,23-24H,5-14,21-22H2,1-4H3;13-18,21-22H,5-12,19-20H2,1-4H3;2*3-7H,1-2H2;2*1,3H2,2H3;;/q;;4*-1;2*+2. The largest absolute Gasteiger partial charge is 2.00 e. The maximum atomic E-state index is 11.7. The van der Waals surface area contributed by atoms with Crippen molar-refractivity contribution in [3.8, 4) is 0 Å². The molecule has 2 heterocycles. The molecule has 6 aromatic carbocycles. The van der Waals surface area contributed by atoms with Crippen LogP contribution in [0.5, 0.6) is 0 Å². The van der Waals surface area contributed by atoms with E-state index in [9.17, 15) is 11.1 Å². The van der Waals surface area contributed by atoms with Crippen LogP contribution in [0.4, 0.5) is 0 Å². The summed E-state index contributed by atoms with van der Waals surface area (Å²) in [7, 11) is 0. The average Bonchev–Trinajstić information content (AvgIpc) is 1.65. The Labute approximate surface area is 575 Å². The van der Waals surface area contributed by atoms with Gasteiger partial charge in [-0.1, -0.05) is 264 Å². The minimum Gasteiger partial charge on any atom is -0.493 e. The van der Waals surface area contributed by atoms with Crippen LogP contribution in [0, 0.1) is 41.5 Å². The van der Waals surface area contributed by atoms with Gasteiger partial charge in [0, 0.05) is 44.5 Å². The van der Waals surface area contributed by atoms with Crippen molar-refractivity contribution >= 4 is 22.8 Å². The second-order valence-electron chi connectivity index (χ2n) is 23.5. The van der Waals surface area contributed by atoms with Crippen LogP contribution in [-0.4, -0.2) is 9.39 Å². The zero-order chi connectivity index (χ0) is 64.3. The summed E-state index contributed by atoms with van der Waals surface area (Å²) >= 11 is 0. The van der Waals surface area contributed by atoms with Gasteiger partial charge in [-0.3, -0.25) is 0 Å². The van der Waals surface area contributed by atoms with Crippen molar-refractivity contribution in [1.82, 2.24) is 0 Å². The monoisotopic (exact) mass is 1340 g/mol. The predicted octanol–water partition coefficient (Wildman–Crippen LogP) is 25.9. The van der Waals surface area contributed by atoms with Crippen molar-refractivity contribution in [2.45, 2.75) is 236 Å². The molecule has 0 atom stereocenters. The number of unbranched alkanes of at least 4 members (excludes halogenated alkanes) is 12. The first-order valence-electron chi connectivity index (χ1n) is 34.4. The van der Waals surface area contributed by atoms with E-state index in [0.29, 0.717) is 0 Å². The van der Waals surface area contributed by atoms with Crippen LogP contribution in [0.2, 0.25) is 0 Å². The van der Waals surface area contributed by atoms with Gasteiger partial charge in [0.1, 0.15) is 0 Å². The minimum atomic E-state index is 0.